The monoisotopic (exact) mass is 215 g/mol. The Balaban J connectivity index is 2.89. The van der Waals surface area contributed by atoms with E-state index in [9.17, 15) is 9.59 Å². The minimum atomic E-state index is -1.21. The van der Waals surface area contributed by atoms with Gasteiger partial charge in [0.15, 0.2) is 5.57 Å². The molecular weight excluding hydrogens is 202 g/mol. The molecule has 0 N–H and O–H groups in total. The van der Waals surface area contributed by atoms with E-state index in [2.05, 4.69) is 0 Å². The van der Waals surface area contributed by atoms with Crippen LogP contribution in [0.3, 0.4) is 0 Å². The molecule has 84 valence electrons. The minimum Gasteiger partial charge on any atom is -0.419 e. The lowest BCUT2D eigenvalue weighted by Crippen LogP contribution is -2.42. The van der Waals surface area contributed by atoms with Gasteiger partial charge in [-0.1, -0.05) is 0 Å². The van der Waals surface area contributed by atoms with Crippen LogP contribution in [0.15, 0.2) is 11.8 Å². The van der Waals surface area contributed by atoms with Crippen LogP contribution in [0.2, 0.25) is 0 Å². The number of rotatable bonds is 2. The van der Waals surface area contributed by atoms with Crippen LogP contribution >= 0.6 is 0 Å². The van der Waals surface area contributed by atoms with E-state index in [0.717, 1.165) is 0 Å². The van der Waals surface area contributed by atoms with Crippen LogP contribution in [-0.2, 0) is 23.9 Å². The predicted octanol–water partition coefficient (Wildman–Crippen LogP) is 0.200. The maximum atomic E-state index is 11.4. The number of hydrogen-bond acceptors (Lipinski definition) is 6. The fourth-order valence-electron chi connectivity index (χ4n) is 1.00. The third-order valence-electron chi connectivity index (χ3n) is 1.72. The Hall–Kier alpha value is -1.56. The summed E-state index contributed by atoms with van der Waals surface area (Å²) in [7, 11) is 2.94. The highest BCUT2D eigenvalue weighted by atomic mass is 16.7. The molecule has 0 aromatic rings. The van der Waals surface area contributed by atoms with Crippen LogP contribution in [0.4, 0.5) is 0 Å². The van der Waals surface area contributed by atoms with Crippen LogP contribution < -0.4 is 0 Å². The standard InChI is InChI=1S/C9H13NO5/c1-9(2)14-7(11)6(8(12)15-9)5-10(3)13-4/h5H,1-4H3. The topological polar surface area (TPSA) is 65.1 Å². The van der Waals surface area contributed by atoms with Crippen LogP contribution in [-0.4, -0.2) is 36.9 Å². The van der Waals surface area contributed by atoms with Crippen molar-refractivity contribution in [2.24, 2.45) is 0 Å². The fraction of sp³-hybridized carbons (Fsp3) is 0.556. The first-order chi connectivity index (χ1) is 6.85. The largest absolute Gasteiger partial charge is 0.419 e. The summed E-state index contributed by atoms with van der Waals surface area (Å²) in [6.07, 6.45) is 1.21. The molecule has 0 radical (unpaired) electrons. The average molecular weight is 215 g/mol. The quantitative estimate of drug-likeness (QED) is 0.284. The minimum absolute atomic E-state index is 0.196. The maximum Gasteiger partial charge on any atom is 0.350 e. The van der Waals surface area contributed by atoms with Gasteiger partial charge in [-0.2, -0.15) is 0 Å². The normalized spacial score (nSPS) is 19.3. The van der Waals surface area contributed by atoms with Gasteiger partial charge in [0.05, 0.1) is 7.11 Å². The number of esters is 2. The average Bonchev–Trinajstić information content (AvgIpc) is 2.09. The highest BCUT2D eigenvalue weighted by Gasteiger charge is 2.39. The molecule has 0 aromatic heterocycles. The fourth-order valence-corrected chi connectivity index (χ4v) is 1.00. The molecule has 0 spiro atoms. The summed E-state index contributed by atoms with van der Waals surface area (Å²) in [6.45, 7) is 2.97. The van der Waals surface area contributed by atoms with Gasteiger partial charge in [0, 0.05) is 27.1 Å². The van der Waals surface area contributed by atoms with Gasteiger partial charge in [0.1, 0.15) is 0 Å². The van der Waals surface area contributed by atoms with E-state index in [1.807, 2.05) is 0 Å². The molecule has 6 heteroatoms. The van der Waals surface area contributed by atoms with Crippen LogP contribution in [0.5, 0.6) is 0 Å². The number of cyclic esters (lactones) is 2. The summed E-state index contributed by atoms with van der Waals surface area (Å²) < 4.78 is 9.74. The van der Waals surface area contributed by atoms with Gasteiger partial charge in [-0.15, -0.1) is 0 Å². The summed E-state index contributed by atoms with van der Waals surface area (Å²) in [4.78, 5) is 27.5. The Morgan fingerprint density at radius 2 is 1.73 bits per heavy atom. The van der Waals surface area contributed by atoms with Gasteiger partial charge in [-0.25, -0.2) is 9.59 Å². The molecule has 1 rings (SSSR count). The van der Waals surface area contributed by atoms with Crippen molar-refractivity contribution in [3.63, 3.8) is 0 Å². The Morgan fingerprint density at radius 3 is 2.13 bits per heavy atom. The van der Waals surface area contributed by atoms with Crippen molar-refractivity contribution in [1.29, 1.82) is 0 Å². The number of hydroxylamine groups is 2. The smallest absolute Gasteiger partial charge is 0.350 e. The van der Waals surface area contributed by atoms with Gasteiger partial charge in [-0.05, 0) is 0 Å². The lowest BCUT2D eigenvalue weighted by molar-refractivity contribution is -0.222. The lowest BCUT2D eigenvalue weighted by atomic mass is 10.2. The number of carbonyl (C=O) groups excluding carboxylic acids is 2. The number of hydrogen-bond donors (Lipinski definition) is 0. The van der Waals surface area contributed by atoms with E-state index in [0.29, 0.717) is 0 Å². The molecule has 1 aliphatic heterocycles. The highest BCUT2D eigenvalue weighted by molar-refractivity contribution is 6.15. The Bertz CT molecular complexity index is 298. The summed E-state index contributed by atoms with van der Waals surface area (Å²) in [5, 5.41) is 1.20. The van der Waals surface area contributed by atoms with E-state index in [-0.39, 0.29) is 5.57 Å². The summed E-state index contributed by atoms with van der Waals surface area (Å²) in [5.74, 6) is -2.66. The molecule has 1 heterocycles. The highest BCUT2D eigenvalue weighted by Crippen LogP contribution is 2.22. The Morgan fingerprint density at radius 1 is 1.27 bits per heavy atom. The molecule has 15 heavy (non-hydrogen) atoms. The van der Waals surface area contributed by atoms with Gasteiger partial charge >= 0.3 is 11.9 Å². The van der Waals surface area contributed by atoms with Crippen molar-refractivity contribution in [3.8, 4) is 0 Å². The molecule has 6 nitrogen and oxygen atoms in total. The van der Waals surface area contributed by atoms with Crippen molar-refractivity contribution >= 4 is 11.9 Å². The van der Waals surface area contributed by atoms with E-state index < -0.39 is 17.7 Å². The van der Waals surface area contributed by atoms with Crippen molar-refractivity contribution in [2.45, 2.75) is 19.6 Å². The van der Waals surface area contributed by atoms with Crippen LogP contribution in [0, 0.1) is 0 Å². The molecule has 0 amide bonds. The first-order valence-corrected chi connectivity index (χ1v) is 4.31. The molecule has 1 aliphatic rings. The zero-order valence-electron chi connectivity index (χ0n) is 9.07. The molecule has 0 bridgehead atoms. The van der Waals surface area contributed by atoms with Crippen molar-refractivity contribution in [3.05, 3.63) is 11.8 Å². The SMILES string of the molecule is CON(C)C=C1C(=O)OC(C)(C)OC1=O. The van der Waals surface area contributed by atoms with Gasteiger partial charge in [0.25, 0.3) is 5.79 Å². The number of carbonyl (C=O) groups is 2. The van der Waals surface area contributed by atoms with Crippen LogP contribution in [0.25, 0.3) is 0 Å². The Kier molecular flexibility index (Phi) is 2.99. The van der Waals surface area contributed by atoms with Gasteiger partial charge < -0.3 is 9.47 Å². The van der Waals surface area contributed by atoms with E-state index in [1.54, 1.807) is 0 Å². The summed E-state index contributed by atoms with van der Waals surface area (Å²) in [5.41, 5.74) is -0.196. The molecule has 0 unspecified atom stereocenters. The molecular formula is C9H13NO5. The second kappa shape index (κ2) is 3.90. The summed E-state index contributed by atoms with van der Waals surface area (Å²) >= 11 is 0. The van der Waals surface area contributed by atoms with E-state index in [1.165, 1.54) is 39.3 Å². The number of nitrogens with zero attached hydrogens (tertiary/aromatic N) is 1. The lowest BCUT2D eigenvalue weighted by Gasteiger charge is -2.30. The molecule has 0 atom stereocenters. The molecule has 1 fully saturated rings. The van der Waals surface area contributed by atoms with Crippen molar-refractivity contribution in [1.82, 2.24) is 5.06 Å². The second-order valence-corrected chi connectivity index (χ2v) is 3.45. The molecule has 0 saturated carbocycles. The molecule has 1 saturated heterocycles. The Labute approximate surface area is 87.3 Å². The van der Waals surface area contributed by atoms with Crippen molar-refractivity contribution < 1.29 is 23.9 Å². The third-order valence-corrected chi connectivity index (χ3v) is 1.72. The maximum absolute atomic E-state index is 11.4. The summed E-state index contributed by atoms with van der Waals surface area (Å²) in [6, 6.07) is 0. The van der Waals surface area contributed by atoms with Crippen LogP contribution in [0.1, 0.15) is 13.8 Å². The van der Waals surface area contributed by atoms with Gasteiger partial charge in [0.2, 0.25) is 0 Å². The van der Waals surface area contributed by atoms with E-state index >= 15 is 0 Å². The zero-order valence-corrected chi connectivity index (χ0v) is 9.07. The molecule has 0 aliphatic carbocycles. The van der Waals surface area contributed by atoms with Gasteiger partial charge in [-0.3, -0.25) is 9.90 Å². The first-order valence-electron chi connectivity index (χ1n) is 4.31. The second-order valence-electron chi connectivity index (χ2n) is 3.45. The van der Waals surface area contributed by atoms with E-state index in [4.69, 9.17) is 14.3 Å². The number of ether oxygens (including phenoxy) is 2. The zero-order chi connectivity index (χ0) is 11.6. The first kappa shape index (κ1) is 11.5. The van der Waals surface area contributed by atoms with Crippen molar-refractivity contribution in [2.75, 3.05) is 14.2 Å². The predicted molar refractivity (Wildman–Crippen MR) is 49.1 cm³/mol. The third kappa shape index (κ3) is 2.69. The molecule has 0 aromatic carbocycles.